The van der Waals surface area contributed by atoms with E-state index in [1.807, 2.05) is 24.3 Å². The van der Waals surface area contributed by atoms with E-state index in [-0.39, 0.29) is 23.9 Å². The Morgan fingerprint density at radius 2 is 2.04 bits per heavy atom. The number of carbonyl (C=O) groups excluding carboxylic acids is 1. The van der Waals surface area contributed by atoms with Crippen molar-refractivity contribution in [2.24, 2.45) is 5.92 Å². The number of H-pyrrole nitrogens is 1. The number of benzene rings is 1. The number of anilines is 2. The van der Waals surface area contributed by atoms with Crippen molar-refractivity contribution < 1.29 is 4.79 Å². The largest absolute Gasteiger partial charge is 0.379 e. The third-order valence-corrected chi connectivity index (χ3v) is 4.69. The molecule has 0 aliphatic carbocycles. The number of fused-ring (bicyclic) bond motifs is 1. The number of amides is 1. The molecule has 6 heteroatoms. The first-order chi connectivity index (χ1) is 11.9. The van der Waals surface area contributed by atoms with E-state index in [9.17, 15) is 9.59 Å². The van der Waals surface area contributed by atoms with Gasteiger partial charge in [0.2, 0.25) is 5.91 Å². The lowest BCUT2D eigenvalue weighted by Gasteiger charge is -2.37. The first kappa shape index (κ1) is 17.2. The van der Waals surface area contributed by atoms with Gasteiger partial charge in [0.1, 0.15) is 5.82 Å². The monoisotopic (exact) mass is 340 g/mol. The van der Waals surface area contributed by atoms with E-state index in [1.165, 1.54) is 0 Å². The highest BCUT2D eigenvalue weighted by atomic mass is 16.2. The molecule has 1 aromatic carbocycles. The molecule has 132 valence electrons. The fourth-order valence-corrected chi connectivity index (χ4v) is 3.19. The van der Waals surface area contributed by atoms with E-state index in [2.05, 4.69) is 29.1 Å². The summed E-state index contributed by atoms with van der Waals surface area (Å²) in [6.45, 7) is 8.36. The molecule has 1 aliphatic rings. The molecule has 0 radical (unpaired) electrons. The molecule has 2 aromatic rings. The summed E-state index contributed by atoms with van der Waals surface area (Å²) < 4.78 is 0. The Balaban J connectivity index is 1.93. The Bertz CT molecular complexity index is 857. The molecule has 0 saturated heterocycles. The first-order valence-electron chi connectivity index (χ1n) is 8.59. The Morgan fingerprint density at radius 1 is 1.32 bits per heavy atom. The van der Waals surface area contributed by atoms with Crippen molar-refractivity contribution in [1.29, 1.82) is 0 Å². The molecule has 3 rings (SSSR count). The van der Waals surface area contributed by atoms with Crippen LogP contribution in [-0.4, -0.2) is 28.5 Å². The van der Waals surface area contributed by atoms with Crippen molar-refractivity contribution in [2.75, 3.05) is 16.8 Å². The summed E-state index contributed by atoms with van der Waals surface area (Å²) in [5.74, 6) is 0.861. The number of nitrogens with zero attached hydrogens (tertiary/aromatic N) is 2. The van der Waals surface area contributed by atoms with Gasteiger partial charge in [0, 0.05) is 23.8 Å². The first-order valence-corrected chi connectivity index (χ1v) is 8.59. The third-order valence-electron chi connectivity index (χ3n) is 4.69. The van der Waals surface area contributed by atoms with E-state index in [1.54, 1.807) is 18.7 Å². The minimum atomic E-state index is -0.234. The molecule has 0 saturated carbocycles. The second-order valence-corrected chi connectivity index (χ2v) is 6.91. The molecule has 1 atom stereocenters. The quantitative estimate of drug-likeness (QED) is 0.899. The Labute approximate surface area is 147 Å². The highest BCUT2D eigenvalue weighted by Crippen LogP contribution is 2.32. The highest BCUT2D eigenvalue weighted by molar-refractivity contribution is 5.99. The number of hydrogen-bond acceptors (Lipinski definition) is 4. The lowest BCUT2D eigenvalue weighted by molar-refractivity contribution is -0.118. The van der Waals surface area contributed by atoms with Crippen molar-refractivity contribution in [3.63, 3.8) is 0 Å². The fourth-order valence-electron chi connectivity index (χ4n) is 3.19. The van der Waals surface area contributed by atoms with Gasteiger partial charge in [-0.05, 0) is 31.9 Å². The van der Waals surface area contributed by atoms with Crippen molar-refractivity contribution in [2.45, 2.75) is 40.2 Å². The number of aromatic nitrogens is 2. The summed E-state index contributed by atoms with van der Waals surface area (Å²) in [7, 11) is 0. The molecule has 0 spiro atoms. The van der Waals surface area contributed by atoms with Gasteiger partial charge in [0.05, 0.1) is 17.8 Å². The summed E-state index contributed by atoms with van der Waals surface area (Å²) in [4.78, 5) is 34.0. The maximum Gasteiger partial charge on any atom is 0.254 e. The smallest absolute Gasteiger partial charge is 0.254 e. The van der Waals surface area contributed by atoms with Crippen molar-refractivity contribution >= 4 is 17.3 Å². The van der Waals surface area contributed by atoms with Gasteiger partial charge in [0.25, 0.3) is 5.56 Å². The lowest BCUT2D eigenvalue weighted by atomic mass is 9.99. The number of aryl methyl sites for hydroxylation is 2. The average Bonchev–Trinajstić information content (AvgIpc) is 2.56. The van der Waals surface area contributed by atoms with E-state index >= 15 is 0 Å². The predicted molar refractivity (Wildman–Crippen MR) is 99.1 cm³/mol. The Morgan fingerprint density at radius 3 is 2.72 bits per heavy atom. The van der Waals surface area contributed by atoms with Gasteiger partial charge >= 0.3 is 0 Å². The van der Waals surface area contributed by atoms with Gasteiger partial charge < -0.3 is 15.2 Å². The summed E-state index contributed by atoms with van der Waals surface area (Å²) in [6.07, 6.45) is 0.0492. The molecule has 0 bridgehead atoms. The van der Waals surface area contributed by atoms with E-state index in [0.29, 0.717) is 29.5 Å². The van der Waals surface area contributed by atoms with Gasteiger partial charge in [-0.3, -0.25) is 9.59 Å². The lowest BCUT2D eigenvalue weighted by Crippen LogP contribution is -2.47. The molecular formula is C19H24N4O2. The average molecular weight is 340 g/mol. The molecule has 0 unspecified atom stereocenters. The number of para-hydroxylation sites is 2. The van der Waals surface area contributed by atoms with Crippen LogP contribution in [0.1, 0.15) is 30.9 Å². The number of carbonyl (C=O) groups is 1. The summed E-state index contributed by atoms with van der Waals surface area (Å²) in [5.41, 5.74) is 2.63. The van der Waals surface area contributed by atoms with Gasteiger partial charge in [-0.15, -0.1) is 0 Å². The normalized spacial score (nSPS) is 16.5. The summed E-state index contributed by atoms with van der Waals surface area (Å²) in [5, 5.41) is 3.50. The van der Waals surface area contributed by atoms with Crippen LogP contribution < -0.4 is 15.8 Å². The molecule has 1 amide bonds. The zero-order valence-corrected chi connectivity index (χ0v) is 15.1. The molecule has 0 fully saturated rings. The zero-order chi connectivity index (χ0) is 18.1. The highest BCUT2D eigenvalue weighted by Gasteiger charge is 2.30. The van der Waals surface area contributed by atoms with Crippen LogP contribution in [0.2, 0.25) is 0 Å². The van der Waals surface area contributed by atoms with Crippen LogP contribution >= 0.6 is 0 Å². The van der Waals surface area contributed by atoms with Crippen LogP contribution in [0.25, 0.3) is 0 Å². The molecule has 25 heavy (non-hydrogen) atoms. The van der Waals surface area contributed by atoms with Crippen molar-refractivity contribution in [3.05, 3.63) is 51.7 Å². The second kappa shape index (κ2) is 6.70. The van der Waals surface area contributed by atoms with Crippen LogP contribution in [0, 0.1) is 19.8 Å². The molecule has 1 aliphatic heterocycles. The standard InChI is InChI=1S/C19H24N4O2/c1-11(2)16-10-23(17-8-6-5-7-15(17)22-16)18(24)9-14-12(3)20-13(4)21-19(14)25/h5-8,11,16,22H,9-10H2,1-4H3,(H,20,21,25)/t16-/m1/s1. The third kappa shape index (κ3) is 3.43. The van der Waals surface area contributed by atoms with Crippen LogP contribution in [0.4, 0.5) is 11.4 Å². The second-order valence-electron chi connectivity index (χ2n) is 6.91. The van der Waals surface area contributed by atoms with Crippen molar-refractivity contribution in [1.82, 2.24) is 9.97 Å². The molecular weight excluding hydrogens is 316 g/mol. The predicted octanol–water partition coefficient (Wildman–Crippen LogP) is 2.41. The van der Waals surface area contributed by atoms with Crippen LogP contribution in [-0.2, 0) is 11.2 Å². The zero-order valence-electron chi connectivity index (χ0n) is 15.1. The molecule has 2 heterocycles. The van der Waals surface area contributed by atoms with E-state index < -0.39 is 0 Å². The summed E-state index contributed by atoms with van der Waals surface area (Å²) >= 11 is 0. The minimum Gasteiger partial charge on any atom is -0.379 e. The van der Waals surface area contributed by atoms with Crippen LogP contribution in [0.3, 0.4) is 0 Å². The van der Waals surface area contributed by atoms with Crippen LogP contribution in [0.5, 0.6) is 0 Å². The Hall–Kier alpha value is -2.63. The maximum absolute atomic E-state index is 13.0. The molecule has 6 nitrogen and oxygen atoms in total. The van der Waals surface area contributed by atoms with Gasteiger partial charge in [-0.2, -0.15) is 0 Å². The number of rotatable bonds is 3. The van der Waals surface area contributed by atoms with Gasteiger partial charge in [0.15, 0.2) is 0 Å². The number of aromatic amines is 1. The Kier molecular flexibility index (Phi) is 4.61. The van der Waals surface area contributed by atoms with E-state index in [4.69, 9.17) is 0 Å². The van der Waals surface area contributed by atoms with Crippen LogP contribution in [0.15, 0.2) is 29.1 Å². The maximum atomic E-state index is 13.0. The van der Waals surface area contributed by atoms with Gasteiger partial charge in [-0.25, -0.2) is 4.98 Å². The van der Waals surface area contributed by atoms with Crippen molar-refractivity contribution in [3.8, 4) is 0 Å². The SMILES string of the molecule is Cc1nc(C)c(CC(=O)N2C[C@H](C(C)C)Nc3ccccc32)c(=O)[nH]1. The topological polar surface area (TPSA) is 78.1 Å². The number of nitrogens with one attached hydrogen (secondary N) is 2. The number of hydrogen-bond donors (Lipinski definition) is 2. The summed E-state index contributed by atoms with van der Waals surface area (Å²) in [6, 6.07) is 7.96. The van der Waals surface area contributed by atoms with E-state index in [0.717, 1.165) is 11.4 Å². The molecule has 2 N–H and O–H groups in total. The fraction of sp³-hybridized carbons (Fsp3) is 0.421. The van der Waals surface area contributed by atoms with Gasteiger partial charge in [-0.1, -0.05) is 26.0 Å². The minimum absolute atomic E-state index is 0.0492. The molecule has 1 aromatic heterocycles.